The van der Waals surface area contributed by atoms with Crippen LogP contribution in [0.3, 0.4) is 0 Å². The minimum absolute atomic E-state index is 0.0705. The Morgan fingerprint density at radius 3 is 2.57 bits per heavy atom. The van der Waals surface area contributed by atoms with Crippen molar-refractivity contribution in [1.82, 2.24) is 4.90 Å². The molecule has 0 N–H and O–H groups in total. The fraction of sp³-hybridized carbons (Fsp3) is 0.0435. The molecule has 5 heteroatoms. The summed E-state index contributed by atoms with van der Waals surface area (Å²) in [5, 5.41) is 3.49. The van der Waals surface area contributed by atoms with Crippen LogP contribution in [0.4, 0.5) is 5.69 Å². The third-order valence-corrected chi connectivity index (χ3v) is 5.61. The standard InChI is InChI=1S/C23H17ClN2OS/c1-2-14-26-22(27)21(15-16-10-12-18(24)13-11-16)28-23(26)25-20-9-5-7-17-6-3-4-8-19(17)20/h2-13,15H,1,14H2/b21-15-,25-23?. The number of amidine groups is 1. The van der Waals surface area contributed by atoms with Gasteiger partial charge in [0.05, 0.1) is 10.6 Å². The zero-order chi connectivity index (χ0) is 19.5. The van der Waals surface area contributed by atoms with Gasteiger partial charge in [0.1, 0.15) is 0 Å². The Hall–Kier alpha value is -2.82. The Labute approximate surface area is 173 Å². The number of amides is 1. The summed E-state index contributed by atoms with van der Waals surface area (Å²) in [5.41, 5.74) is 1.76. The van der Waals surface area contributed by atoms with Crippen LogP contribution in [0.25, 0.3) is 16.8 Å². The van der Waals surface area contributed by atoms with E-state index in [4.69, 9.17) is 16.6 Å². The van der Waals surface area contributed by atoms with Crippen molar-refractivity contribution in [2.24, 2.45) is 4.99 Å². The van der Waals surface area contributed by atoms with E-state index in [1.807, 2.05) is 60.7 Å². The Kier molecular flexibility index (Phi) is 5.33. The van der Waals surface area contributed by atoms with Crippen molar-refractivity contribution in [1.29, 1.82) is 0 Å². The van der Waals surface area contributed by atoms with Gasteiger partial charge in [-0.25, -0.2) is 4.99 Å². The van der Waals surface area contributed by atoms with Gasteiger partial charge in [-0.3, -0.25) is 9.69 Å². The maximum absolute atomic E-state index is 12.9. The summed E-state index contributed by atoms with van der Waals surface area (Å²) in [5.74, 6) is -0.0705. The van der Waals surface area contributed by atoms with Crippen molar-refractivity contribution in [2.45, 2.75) is 0 Å². The fourth-order valence-corrected chi connectivity index (χ4v) is 4.13. The highest BCUT2D eigenvalue weighted by molar-refractivity contribution is 8.18. The second kappa shape index (κ2) is 8.05. The lowest BCUT2D eigenvalue weighted by Gasteiger charge is -2.13. The van der Waals surface area contributed by atoms with Crippen LogP contribution in [-0.4, -0.2) is 22.5 Å². The first-order chi connectivity index (χ1) is 13.7. The Morgan fingerprint density at radius 2 is 1.79 bits per heavy atom. The SMILES string of the molecule is C=CCN1C(=O)/C(=C/c2ccc(Cl)cc2)SC1=Nc1cccc2ccccc12. The van der Waals surface area contributed by atoms with Crippen LogP contribution >= 0.6 is 23.4 Å². The van der Waals surface area contributed by atoms with Crippen LogP contribution in [0.5, 0.6) is 0 Å². The normalized spacial score (nSPS) is 17.0. The van der Waals surface area contributed by atoms with E-state index in [1.165, 1.54) is 11.8 Å². The number of aliphatic imine (C=N–C) groups is 1. The fourth-order valence-electron chi connectivity index (χ4n) is 3.00. The van der Waals surface area contributed by atoms with Crippen LogP contribution in [0.15, 0.2) is 89.3 Å². The number of rotatable bonds is 4. The van der Waals surface area contributed by atoms with Crippen LogP contribution in [0, 0.1) is 0 Å². The zero-order valence-electron chi connectivity index (χ0n) is 15.0. The number of halogens is 1. The lowest BCUT2D eigenvalue weighted by Crippen LogP contribution is -2.29. The van der Waals surface area contributed by atoms with Crippen LogP contribution in [-0.2, 0) is 4.79 Å². The van der Waals surface area contributed by atoms with Gasteiger partial charge < -0.3 is 0 Å². The average molecular weight is 405 g/mol. The molecule has 3 aromatic rings. The molecule has 0 spiro atoms. The number of nitrogens with zero attached hydrogens (tertiary/aromatic N) is 2. The van der Waals surface area contributed by atoms with Crippen molar-refractivity contribution in [3.63, 3.8) is 0 Å². The highest BCUT2D eigenvalue weighted by Gasteiger charge is 2.32. The molecule has 0 aromatic heterocycles. The van der Waals surface area contributed by atoms with Crippen molar-refractivity contribution in [2.75, 3.05) is 6.54 Å². The van der Waals surface area contributed by atoms with Gasteiger partial charge >= 0.3 is 0 Å². The Bertz CT molecular complexity index is 1110. The maximum Gasteiger partial charge on any atom is 0.267 e. The molecule has 1 aliphatic heterocycles. The minimum atomic E-state index is -0.0705. The third-order valence-electron chi connectivity index (χ3n) is 4.35. The number of thioether (sulfide) groups is 1. The van der Waals surface area contributed by atoms with Crippen LogP contribution in [0.2, 0.25) is 5.02 Å². The third kappa shape index (κ3) is 3.75. The average Bonchev–Trinajstić information content (AvgIpc) is 2.99. The predicted molar refractivity (Wildman–Crippen MR) is 120 cm³/mol. The summed E-state index contributed by atoms with van der Waals surface area (Å²) in [7, 11) is 0. The van der Waals surface area contributed by atoms with E-state index in [0.717, 1.165) is 22.0 Å². The molecule has 1 amide bonds. The number of fused-ring (bicyclic) bond motifs is 1. The molecule has 28 heavy (non-hydrogen) atoms. The van der Waals surface area contributed by atoms with E-state index in [1.54, 1.807) is 11.0 Å². The van der Waals surface area contributed by atoms with E-state index in [2.05, 4.69) is 18.7 Å². The molecule has 4 rings (SSSR count). The molecular formula is C23H17ClN2OS. The topological polar surface area (TPSA) is 32.7 Å². The molecule has 0 bridgehead atoms. The van der Waals surface area contributed by atoms with Gasteiger partial charge in [-0.15, -0.1) is 6.58 Å². The van der Waals surface area contributed by atoms with Crippen molar-refractivity contribution >= 4 is 57.0 Å². The Morgan fingerprint density at radius 1 is 1.04 bits per heavy atom. The molecule has 0 saturated carbocycles. The van der Waals surface area contributed by atoms with Gasteiger partial charge in [-0.05, 0) is 47.0 Å². The first kappa shape index (κ1) is 18.5. The molecule has 138 valence electrons. The van der Waals surface area contributed by atoms with Crippen molar-refractivity contribution in [3.05, 3.63) is 94.9 Å². The smallest absolute Gasteiger partial charge is 0.267 e. The first-order valence-corrected chi connectivity index (χ1v) is 9.99. The summed E-state index contributed by atoms with van der Waals surface area (Å²) < 4.78 is 0. The largest absolute Gasteiger partial charge is 0.283 e. The lowest BCUT2D eigenvalue weighted by molar-refractivity contribution is -0.121. The molecule has 1 aliphatic rings. The molecule has 3 nitrogen and oxygen atoms in total. The number of hydrogen-bond donors (Lipinski definition) is 0. The van der Waals surface area contributed by atoms with Crippen LogP contribution in [0.1, 0.15) is 5.56 Å². The van der Waals surface area contributed by atoms with E-state index >= 15 is 0 Å². The minimum Gasteiger partial charge on any atom is -0.283 e. The van der Waals surface area contributed by atoms with E-state index in [-0.39, 0.29) is 5.91 Å². The van der Waals surface area contributed by atoms with Crippen molar-refractivity contribution in [3.8, 4) is 0 Å². The molecule has 1 saturated heterocycles. The van der Waals surface area contributed by atoms with Gasteiger partial charge in [0.2, 0.25) is 0 Å². The summed E-state index contributed by atoms with van der Waals surface area (Å²) in [6.45, 7) is 4.19. The van der Waals surface area contributed by atoms with Gasteiger partial charge in [-0.2, -0.15) is 0 Å². The molecule has 0 unspecified atom stereocenters. The predicted octanol–water partition coefficient (Wildman–Crippen LogP) is 6.28. The van der Waals surface area contributed by atoms with Gasteiger partial charge in [0.15, 0.2) is 5.17 Å². The van der Waals surface area contributed by atoms with E-state index < -0.39 is 0 Å². The summed E-state index contributed by atoms with van der Waals surface area (Å²) in [4.78, 5) is 20.0. The monoisotopic (exact) mass is 404 g/mol. The van der Waals surface area contributed by atoms with Gasteiger partial charge in [0, 0.05) is 17.0 Å². The zero-order valence-corrected chi connectivity index (χ0v) is 16.6. The molecule has 0 radical (unpaired) electrons. The summed E-state index contributed by atoms with van der Waals surface area (Å²) >= 11 is 7.33. The number of carbonyl (C=O) groups is 1. The van der Waals surface area contributed by atoms with E-state index in [0.29, 0.717) is 21.6 Å². The van der Waals surface area contributed by atoms with Gasteiger partial charge in [-0.1, -0.05) is 66.2 Å². The lowest BCUT2D eigenvalue weighted by atomic mass is 10.1. The van der Waals surface area contributed by atoms with Crippen molar-refractivity contribution < 1.29 is 4.79 Å². The number of benzene rings is 3. The number of carbonyl (C=O) groups excluding carboxylic acids is 1. The molecule has 0 atom stereocenters. The van der Waals surface area contributed by atoms with Gasteiger partial charge in [0.25, 0.3) is 5.91 Å². The molecule has 1 fully saturated rings. The van der Waals surface area contributed by atoms with Crippen LogP contribution < -0.4 is 0 Å². The second-order valence-electron chi connectivity index (χ2n) is 6.26. The molecule has 1 heterocycles. The Balaban J connectivity index is 1.75. The highest BCUT2D eigenvalue weighted by atomic mass is 35.5. The molecular weight excluding hydrogens is 388 g/mol. The first-order valence-electron chi connectivity index (χ1n) is 8.80. The summed E-state index contributed by atoms with van der Waals surface area (Å²) in [6, 6.07) is 21.5. The maximum atomic E-state index is 12.9. The quantitative estimate of drug-likeness (QED) is 0.378. The highest BCUT2D eigenvalue weighted by Crippen LogP contribution is 2.35. The molecule has 3 aromatic carbocycles. The second-order valence-corrected chi connectivity index (χ2v) is 7.70. The summed E-state index contributed by atoms with van der Waals surface area (Å²) in [6.07, 6.45) is 3.58. The van der Waals surface area contributed by atoms with E-state index in [9.17, 15) is 4.79 Å². The number of hydrogen-bond acceptors (Lipinski definition) is 3. The molecule has 0 aliphatic carbocycles.